The number of aryl methyl sites for hydroxylation is 2. The van der Waals surface area contributed by atoms with E-state index in [0.29, 0.717) is 17.3 Å². The van der Waals surface area contributed by atoms with Gasteiger partial charge in [-0.05, 0) is 69.7 Å². The summed E-state index contributed by atoms with van der Waals surface area (Å²) in [5, 5.41) is 3.19. The monoisotopic (exact) mass is 541 g/mol. The molecular formula is C28H32ClN3O4S. The molecule has 196 valence electrons. The summed E-state index contributed by atoms with van der Waals surface area (Å²) in [5.41, 5.74) is 3.05. The first kappa shape index (κ1) is 28.2. The van der Waals surface area contributed by atoms with Crippen LogP contribution in [0.3, 0.4) is 0 Å². The van der Waals surface area contributed by atoms with E-state index in [4.69, 9.17) is 11.6 Å². The molecule has 3 aromatic rings. The Morgan fingerprint density at radius 3 is 2.19 bits per heavy atom. The molecule has 0 saturated heterocycles. The second-order valence-corrected chi connectivity index (χ2v) is 11.2. The number of anilines is 1. The van der Waals surface area contributed by atoms with Crippen molar-refractivity contribution in [1.82, 2.24) is 10.2 Å². The summed E-state index contributed by atoms with van der Waals surface area (Å²) in [6.45, 7) is 7.31. The number of sulfonamides is 1. The Bertz CT molecular complexity index is 1340. The molecule has 0 spiro atoms. The Kier molecular flexibility index (Phi) is 9.34. The van der Waals surface area contributed by atoms with Crippen LogP contribution in [0.15, 0.2) is 77.7 Å². The van der Waals surface area contributed by atoms with Crippen LogP contribution in [0.2, 0.25) is 5.02 Å². The standard InChI is InChI=1S/C28H32ClN3O4S/c1-5-30-28(34)22(4)31(18-23-8-6-7-21(3)17-23)27(33)19-32(25-13-11-24(29)12-14-25)37(35,36)26-15-9-20(2)10-16-26/h6-17,22H,5,18-19H2,1-4H3,(H,30,34)/t22-/m1/s1. The van der Waals surface area contributed by atoms with E-state index in [0.717, 1.165) is 21.0 Å². The molecule has 3 rings (SSSR count). The minimum absolute atomic E-state index is 0.0582. The lowest BCUT2D eigenvalue weighted by molar-refractivity contribution is -0.139. The number of hydrogen-bond donors (Lipinski definition) is 1. The van der Waals surface area contributed by atoms with E-state index in [1.54, 1.807) is 50.2 Å². The summed E-state index contributed by atoms with van der Waals surface area (Å²) >= 11 is 6.04. The van der Waals surface area contributed by atoms with Gasteiger partial charge in [0.2, 0.25) is 11.8 Å². The first-order chi connectivity index (χ1) is 17.5. The third kappa shape index (κ3) is 7.11. The Morgan fingerprint density at radius 1 is 0.946 bits per heavy atom. The third-order valence-electron chi connectivity index (χ3n) is 5.96. The van der Waals surface area contributed by atoms with Crippen LogP contribution in [0, 0.1) is 13.8 Å². The van der Waals surface area contributed by atoms with Crippen LogP contribution >= 0.6 is 11.6 Å². The Labute approximate surface area is 224 Å². The highest BCUT2D eigenvalue weighted by Gasteiger charge is 2.32. The van der Waals surface area contributed by atoms with Gasteiger partial charge < -0.3 is 10.2 Å². The van der Waals surface area contributed by atoms with Crippen LogP contribution < -0.4 is 9.62 Å². The first-order valence-corrected chi connectivity index (χ1v) is 13.8. The van der Waals surface area contributed by atoms with Crippen molar-refractivity contribution >= 4 is 39.1 Å². The molecule has 9 heteroatoms. The van der Waals surface area contributed by atoms with Crippen molar-refractivity contribution in [1.29, 1.82) is 0 Å². The lowest BCUT2D eigenvalue weighted by atomic mass is 10.1. The molecule has 0 bridgehead atoms. The zero-order valence-electron chi connectivity index (χ0n) is 21.4. The van der Waals surface area contributed by atoms with Crippen molar-refractivity contribution in [3.8, 4) is 0 Å². The van der Waals surface area contributed by atoms with Crippen LogP contribution in [0.4, 0.5) is 5.69 Å². The molecule has 0 unspecified atom stereocenters. The van der Waals surface area contributed by atoms with E-state index in [-0.39, 0.29) is 17.3 Å². The normalized spacial score (nSPS) is 12.0. The number of benzene rings is 3. The number of amides is 2. The van der Waals surface area contributed by atoms with Crippen molar-refractivity contribution in [2.24, 2.45) is 0 Å². The number of nitrogens with one attached hydrogen (secondary N) is 1. The SMILES string of the molecule is CCNC(=O)[C@@H](C)N(Cc1cccc(C)c1)C(=O)CN(c1ccc(Cl)cc1)S(=O)(=O)c1ccc(C)cc1. The van der Waals surface area contributed by atoms with Gasteiger partial charge >= 0.3 is 0 Å². The summed E-state index contributed by atoms with van der Waals surface area (Å²) in [6.07, 6.45) is 0. The zero-order valence-corrected chi connectivity index (χ0v) is 23.0. The lowest BCUT2D eigenvalue weighted by Crippen LogP contribution is -2.51. The second kappa shape index (κ2) is 12.3. The van der Waals surface area contributed by atoms with E-state index in [9.17, 15) is 18.0 Å². The molecule has 0 heterocycles. The van der Waals surface area contributed by atoms with Gasteiger partial charge in [-0.1, -0.05) is 59.1 Å². The highest BCUT2D eigenvalue weighted by molar-refractivity contribution is 7.92. The molecule has 7 nitrogen and oxygen atoms in total. The van der Waals surface area contributed by atoms with Crippen molar-refractivity contribution in [2.75, 3.05) is 17.4 Å². The lowest BCUT2D eigenvalue weighted by Gasteiger charge is -2.32. The van der Waals surface area contributed by atoms with Crippen LogP contribution in [-0.4, -0.2) is 44.3 Å². The van der Waals surface area contributed by atoms with Crippen LogP contribution in [0.5, 0.6) is 0 Å². The minimum atomic E-state index is -4.11. The smallest absolute Gasteiger partial charge is 0.264 e. The highest BCUT2D eigenvalue weighted by Crippen LogP contribution is 2.26. The van der Waals surface area contributed by atoms with Gasteiger partial charge in [-0.25, -0.2) is 8.42 Å². The molecule has 2 amide bonds. The van der Waals surface area contributed by atoms with Gasteiger partial charge in [-0.3, -0.25) is 13.9 Å². The molecular weight excluding hydrogens is 510 g/mol. The van der Waals surface area contributed by atoms with E-state index in [1.807, 2.05) is 38.1 Å². The predicted octanol–water partition coefficient (Wildman–Crippen LogP) is 4.71. The summed E-state index contributed by atoms with van der Waals surface area (Å²) in [6, 6.07) is 19.5. The van der Waals surface area contributed by atoms with Gasteiger partial charge in [0.25, 0.3) is 10.0 Å². The van der Waals surface area contributed by atoms with Crippen molar-refractivity contribution < 1.29 is 18.0 Å². The van der Waals surface area contributed by atoms with Crippen LogP contribution in [-0.2, 0) is 26.2 Å². The number of rotatable bonds is 10. The number of likely N-dealkylation sites (N-methyl/N-ethyl adjacent to an activating group) is 1. The Morgan fingerprint density at radius 2 is 1.59 bits per heavy atom. The average Bonchev–Trinajstić information content (AvgIpc) is 2.86. The Hall–Kier alpha value is -3.36. The summed E-state index contributed by atoms with van der Waals surface area (Å²) in [4.78, 5) is 28.0. The maximum atomic E-state index is 13.8. The van der Waals surface area contributed by atoms with E-state index in [1.165, 1.54) is 17.0 Å². The molecule has 37 heavy (non-hydrogen) atoms. The molecule has 0 aromatic heterocycles. The number of hydrogen-bond acceptors (Lipinski definition) is 4. The summed E-state index contributed by atoms with van der Waals surface area (Å²) in [5.74, 6) is -0.825. The highest BCUT2D eigenvalue weighted by atomic mass is 35.5. The minimum Gasteiger partial charge on any atom is -0.355 e. The fourth-order valence-corrected chi connectivity index (χ4v) is 5.43. The number of carbonyl (C=O) groups excluding carboxylic acids is 2. The average molecular weight is 542 g/mol. The quantitative estimate of drug-likeness (QED) is 0.403. The summed E-state index contributed by atoms with van der Waals surface area (Å²) < 4.78 is 28.5. The summed E-state index contributed by atoms with van der Waals surface area (Å²) in [7, 11) is -4.11. The molecule has 1 atom stereocenters. The first-order valence-electron chi connectivity index (χ1n) is 12.0. The van der Waals surface area contributed by atoms with Crippen molar-refractivity contribution in [3.05, 3.63) is 94.5 Å². The molecule has 3 aromatic carbocycles. The molecule has 0 aliphatic carbocycles. The molecule has 0 radical (unpaired) electrons. The zero-order chi connectivity index (χ0) is 27.2. The largest absolute Gasteiger partial charge is 0.355 e. The fraction of sp³-hybridized carbons (Fsp3) is 0.286. The van der Waals surface area contributed by atoms with E-state index >= 15 is 0 Å². The van der Waals surface area contributed by atoms with Crippen molar-refractivity contribution in [2.45, 2.75) is 45.2 Å². The van der Waals surface area contributed by atoms with Gasteiger partial charge in [0.1, 0.15) is 12.6 Å². The van der Waals surface area contributed by atoms with Crippen LogP contribution in [0.25, 0.3) is 0 Å². The van der Waals surface area contributed by atoms with Crippen molar-refractivity contribution in [3.63, 3.8) is 0 Å². The maximum absolute atomic E-state index is 13.8. The number of nitrogens with zero attached hydrogens (tertiary/aromatic N) is 2. The third-order valence-corrected chi connectivity index (χ3v) is 8.00. The fourth-order valence-electron chi connectivity index (χ4n) is 3.89. The number of halogens is 1. The molecule has 0 fully saturated rings. The predicted molar refractivity (Wildman–Crippen MR) is 147 cm³/mol. The van der Waals surface area contributed by atoms with Gasteiger partial charge in [0.15, 0.2) is 0 Å². The van der Waals surface area contributed by atoms with E-state index in [2.05, 4.69) is 5.32 Å². The maximum Gasteiger partial charge on any atom is 0.264 e. The molecule has 1 N–H and O–H groups in total. The van der Waals surface area contributed by atoms with Gasteiger partial charge in [0, 0.05) is 18.1 Å². The molecule has 0 aliphatic heterocycles. The van der Waals surface area contributed by atoms with Gasteiger partial charge in [0.05, 0.1) is 10.6 Å². The molecule has 0 aliphatic rings. The van der Waals surface area contributed by atoms with E-state index < -0.39 is 28.5 Å². The Balaban J connectivity index is 2.02. The molecule has 0 saturated carbocycles. The topological polar surface area (TPSA) is 86.8 Å². The van der Waals surface area contributed by atoms with Crippen LogP contribution in [0.1, 0.15) is 30.5 Å². The number of carbonyl (C=O) groups is 2. The second-order valence-electron chi connectivity index (χ2n) is 8.88. The van der Waals surface area contributed by atoms with Gasteiger partial charge in [-0.2, -0.15) is 0 Å². The van der Waals surface area contributed by atoms with Gasteiger partial charge in [-0.15, -0.1) is 0 Å².